The van der Waals surface area contributed by atoms with Crippen molar-refractivity contribution in [2.75, 3.05) is 18.0 Å². The molecular weight excluding hydrogens is 373 g/mol. The molecule has 1 fully saturated rings. The standard InChI is InChI=1S/C24H25F3N2/c1-17(22-13-4-8-18-7-2-3-12-23(18)22)28-20-10-6-14-29(16-20)21-11-5-9-19(15-21)24(25,26)27/h2-5,7-9,11-13,15,17,20,28H,6,10,14,16H2,1H3/t17-,20-/m1/s1. The minimum Gasteiger partial charge on any atom is -0.370 e. The molecule has 0 aliphatic carbocycles. The number of anilines is 1. The van der Waals surface area contributed by atoms with Gasteiger partial charge in [0.1, 0.15) is 0 Å². The highest BCUT2D eigenvalue weighted by atomic mass is 19.4. The summed E-state index contributed by atoms with van der Waals surface area (Å²) in [5, 5.41) is 6.16. The van der Waals surface area contributed by atoms with Gasteiger partial charge in [0.25, 0.3) is 0 Å². The maximum atomic E-state index is 13.1. The smallest absolute Gasteiger partial charge is 0.370 e. The molecule has 3 aromatic rings. The monoisotopic (exact) mass is 398 g/mol. The summed E-state index contributed by atoms with van der Waals surface area (Å²) in [5.41, 5.74) is 1.30. The lowest BCUT2D eigenvalue weighted by Crippen LogP contribution is -2.46. The Morgan fingerprint density at radius 3 is 2.59 bits per heavy atom. The summed E-state index contributed by atoms with van der Waals surface area (Å²) in [6, 6.07) is 20.7. The van der Waals surface area contributed by atoms with Gasteiger partial charge in [0.05, 0.1) is 5.56 Å². The first-order valence-corrected chi connectivity index (χ1v) is 10.1. The van der Waals surface area contributed by atoms with Gasteiger partial charge in [-0.1, -0.05) is 48.5 Å². The van der Waals surface area contributed by atoms with Gasteiger partial charge in [-0.25, -0.2) is 0 Å². The first-order chi connectivity index (χ1) is 13.9. The van der Waals surface area contributed by atoms with Crippen LogP contribution in [0.2, 0.25) is 0 Å². The number of rotatable bonds is 4. The van der Waals surface area contributed by atoms with E-state index in [0.717, 1.165) is 25.5 Å². The van der Waals surface area contributed by atoms with Gasteiger partial charge in [-0.15, -0.1) is 0 Å². The molecule has 0 spiro atoms. The number of fused-ring (bicyclic) bond motifs is 1. The van der Waals surface area contributed by atoms with E-state index in [1.165, 1.54) is 28.5 Å². The van der Waals surface area contributed by atoms with Gasteiger partial charge in [-0.05, 0) is 54.3 Å². The van der Waals surface area contributed by atoms with Gasteiger partial charge in [0, 0.05) is 30.9 Å². The molecule has 1 N–H and O–H groups in total. The predicted molar refractivity (Wildman–Crippen MR) is 112 cm³/mol. The molecule has 0 bridgehead atoms. The minimum absolute atomic E-state index is 0.160. The van der Waals surface area contributed by atoms with Crippen molar-refractivity contribution in [3.63, 3.8) is 0 Å². The molecule has 4 rings (SSSR count). The molecule has 1 aliphatic heterocycles. The van der Waals surface area contributed by atoms with Gasteiger partial charge in [0.15, 0.2) is 0 Å². The van der Waals surface area contributed by atoms with Crippen LogP contribution in [0.4, 0.5) is 18.9 Å². The van der Waals surface area contributed by atoms with Crippen LogP contribution in [0.3, 0.4) is 0 Å². The molecule has 1 aliphatic rings. The third kappa shape index (κ3) is 4.40. The van der Waals surface area contributed by atoms with Crippen LogP contribution >= 0.6 is 0 Å². The molecule has 1 saturated heterocycles. The quantitative estimate of drug-likeness (QED) is 0.565. The summed E-state index contributed by atoms with van der Waals surface area (Å²) < 4.78 is 39.2. The number of piperidine rings is 1. The number of hydrogen-bond donors (Lipinski definition) is 1. The van der Waals surface area contributed by atoms with Crippen LogP contribution in [0.1, 0.15) is 36.9 Å². The number of nitrogens with one attached hydrogen (secondary N) is 1. The van der Waals surface area contributed by atoms with Crippen molar-refractivity contribution >= 4 is 16.5 Å². The molecule has 3 aromatic carbocycles. The molecule has 152 valence electrons. The Labute approximate surface area is 169 Å². The Hall–Kier alpha value is -2.53. The maximum absolute atomic E-state index is 13.1. The molecule has 0 radical (unpaired) electrons. The largest absolute Gasteiger partial charge is 0.416 e. The molecule has 1 heterocycles. The van der Waals surface area contributed by atoms with E-state index in [0.29, 0.717) is 12.2 Å². The maximum Gasteiger partial charge on any atom is 0.416 e. The van der Waals surface area contributed by atoms with E-state index < -0.39 is 11.7 Å². The van der Waals surface area contributed by atoms with E-state index in [1.807, 2.05) is 6.07 Å². The van der Waals surface area contributed by atoms with Crippen LogP contribution in [0.25, 0.3) is 10.8 Å². The Morgan fingerprint density at radius 2 is 1.76 bits per heavy atom. The normalized spacial score (nSPS) is 18.8. The Bertz CT molecular complexity index is 978. The summed E-state index contributed by atoms with van der Waals surface area (Å²) in [7, 11) is 0. The number of halogens is 3. The molecule has 0 unspecified atom stereocenters. The summed E-state index contributed by atoms with van der Waals surface area (Å²) in [6.07, 6.45) is -2.34. The molecule has 29 heavy (non-hydrogen) atoms. The van der Waals surface area contributed by atoms with Crippen molar-refractivity contribution in [3.05, 3.63) is 77.9 Å². The zero-order valence-electron chi connectivity index (χ0n) is 16.4. The first kappa shape index (κ1) is 19.8. The van der Waals surface area contributed by atoms with Crippen molar-refractivity contribution in [2.45, 2.75) is 38.0 Å². The van der Waals surface area contributed by atoms with Crippen molar-refractivity contribution in [2.24, 2.45) is 0 Å². The lowest BCUT2D eigenvalue weighted by molar-refractivity contribution is -0.137. The number of alkyl halides is 3. The second kappa shape index (κ2) is 8.07. The fourth-order valence-corrected chi connectivity index (χ4v) is 4.30. The van der Waals surface area contributed by atoms with Crippen LogP contribution in [-0.2, 0) is 6.18 Å². The average molecular weight is 398 g/mol. The third-order valence-electron chi connectivity index (χ3n) is 5.74. The van der Waals surface area contributed by atoms with Crippen LogP contribution < -0.4 is 10.2 Å². The highest BCUT2D eigenvalue weighted by Gasteiger charge is 2.31. The third-order valence-corrected chi connectivity index (χ3v) is 5.74. The average Bonchev–Trinajstić information content (AvgIpc) is 2.73. The van der Waals surface area contributed by atoms with Gasteiger partial charge < -0.3 is 10.2 Å². The molecular formula is C24H25F3N2. The van der Waals surface area contributed by atoms with E-state index in [2.05, 4.69) is 53.5 Å². The van der Waals surface area contributed by atoms with Gasteiger partial charge in [-0.2, -0.15) is 13.2 Å². The van der Waals surface area contributed by atoms with Crippen LogP contribution in [0.5, 0.6) is 0 Å². The molecule has 0 aromatic heterocycles. The van der Waals surface area contributed by atoms with Gasteiger partial charge in [0.2, 0.25) is 0 Å². The molecule has 2 nitrogen and oxygen atoms in total. The zero-order chi connectivity index (χ0) is 20.4. The molecule has 2 atom stereocenters. The fourth-order valence-electron chi connectivity index (χ4n) is 4.30. The number of hydrogen-bond acceptors (Lipinski definition) is 2. The lowest BCUT2D eigenvalue weighted by Gasteiger charge is -2.36. The second-order valence-electron chi connectivity index (χ2n) is 7.79. The summed E-state index contributed by atoms with van der Waals surface area (Å²) in [4.78, 5) is 2.06. The van der Waals surface area contributed by atoms with Crippen LogP contribution in [0, 0.1) is 0 Å². The SMILES string of the molecule is C[C@@H](N[C@@H]1CCCN(c2cccc(C(F)(F)F)c2)C1)c1cccc2ccccc12. The first-order valence-electron chi connectivity index (χ1n) is 10.1. The van der Waals surface area contributed by atoms with Crippen molar-refractivity contribution < 1.29 is 13.2 Å². The predicted octanol–water partition coefficient (Wildman–Crippen LogP) is 6.18. The van der Waals surface area contributed by atoms with Crippen molar-refractivity contribution in [1.82, 2.24) is 5.32 Å². The second-order valence-corrected chi connectivity index (χ2v) is 7.79. The number of benzene rings is 3. The highest BCUT2D eigenvalue weighted by molar-refractivity contribution is 5.86. The Morgan fingerprint density at radius 1 is 1.00 bits per heavy atom. The van der Waals surface area contributed by atoms with E-state index in [9.17, 15) is 13.2 Å². The molecule has 5 heteroatoms. The summed E-state index contributed by atoms with van der Waals surface area (Å²) in [5.74, 6) is 0. The topological polar surface area (TPSA) is 15.3 Å². The lowest BCUT2D eigenvalue weighted by atomic mass is 9.97. The minimum atomic E-state index is -4.31. The zero-order valence-corrected chi connectivity index (χ0v) is 16.4. The summed E-state index contributed by atoms with van der Waals surface area (Å²) in [6.45, 7) is 3.64. The van der Waals surface area contributed by atoms with E-state index in [1.54, 1.807) is 6.07 Å². The van der Waals surface area contributed by atoms with Crippen molar-refractivity contribution in [1.29, 1.82) is 0 Å². The summed E-state index contributed by atoms with van der Waals surface area (Å²) >= 11 is 0. The molecule has 0 amide bonds. The highest BCUT2D eigenvalue weighted by Crippen LogP contribution is 2.32. The Balaban J connectivity index is 1.49. The Kier molecular flexibility index (Phi) is 5.50. The van der Waals surface area contributed by atoms with Crippen molar-refractivity contribution in [3.8, 4) is 0 Å². The van der Waals surface area contributed by atoms with Gasteiger partial charge >= 0.3 is 6.18 Å². The van der Waals surface area contributed by atoms with E-state index >= 15 is 0 Å². The van der Waals surface area contributed by atoms with Gasteiger partial charge in [-0.3, -0.25) is 0 Å². The van der Waals surface area contributed by atoms with E-state index in [-0.39, 0.29) is 12.1 Å². The van der Waals surface area contributed by atoms with Crippen LogP contribution in [-0.4, -0.2) is 19.1 Å². The molecule has 0 saturated carbocycles. The van der Waals surface area contributed by atoms with Crippen LogP contribution in [0.15, 0.2) is 66.7 Å². The number of nitrogens with zero attached hydrogens (tertiary/aromatic N) is 1. The van der Waals surface area contributed by atoms with E-state index in [4.69, 9.17) is 0 Å². The fraction of sp³-hybridized carbons (Fsp3) is 0.333.